The van der Waals surface area contributed by atoms with Crippen LogP contribution in [0.25, 0.3) is 22.0 Å². The lowest BCUT2D eigenvalue weighted by molar-refractivity contribution is -0.128. The van der Waals surface area contributed by atoms with Gasteiger partial charge >= 0.3 is 0 Å². The predicted octanol–water partition coefficient (Wildman–Crippen LogP) is 4.98. The first-order chi connectivity index (χ1) is 19.3. The van der Waals surface area contributed by atoms with Crippen molar-refractivity contribution in [2.75, 3.05) is 11.9 Å². The van der Waals surface area contributed by atoms with Gasteiger partial charge in [-0.25, -0.2) is 4.98 Å². The molecule has 0 radical (unpaired) electrons. The van der Waals surface area contributed by atoms with Crippen LogP contribution in [0, 0.1) is 12.3 Å². The highest BCUT2D eigenvalue weighted by Crippen LogP contribution is 2.28. The summed E-state index contributed by atoms with van der Waals surface area (Å²) in [5.74, 6) is 0.795. The highest BCUT2D eigenvalue weighted by molar-refractivity contribution is 6.12. The number of amides is 1. The molecular weight excluding hydrogens is 506 g/mol. The third-order valence-electron chi connectivity index (χ3n) is 6.58. The Bertz CT molecular complexity index is 1630. The van der Waals surface area contributed by atoms with Gasteiger partial charge in [-0.3, -0.25) is 14.6 Å². The van der Waals surface area contributed by atoms with Crippen LogP contribution in [0.4, 0.5) is 5.69 Å². The number of para-hydroxylation sites is 1. The largest absolute Gasteiger partial charge is 0.477 e. The van der Waals surface area contributed by atoms with Gasteiger partial charge in [-0.2, -0.15) is 5.21 Å². The monoisotopic (exact) mass is 535 g/mol. The molecule has 0 aliphatic rings. The van der Waals surface area contributed by atoms with Crippen molar-refractivity contribution in [1.29, 1.82) is 0 Å². The van der Waals surface area contributed by atoms with Crippen molar-refractivity contribution >= 4 is 28.3 Å². The number of nitrogens with one attached hydrogen (secondary N) is 2. The minimum atomic E-state index is -0.698. The summed E-state index contributed by atoms with van der Waals surface area (Å²) < 4.78 is 5.86. The number of pyridine rings is 2. The Kier molecular flexibility index (Phi) is 7.59. The van der Waals surface area contributed by atoms with E-state index >= 15 is 0 Å². The molecule has 0 unspecified atom stereocenters. The van der Waals surface area contributed by atoms with Gasteiger partial charge in [0.25, 0.3) is 5.91 Å². The van der Waals surface area contributed by atoms with E-state index < -0.39 is 5.41 Å². The summed E-state index contributed by atoms with van der Waals surface area (Å²) in [5, 5.41) is 17.4. The molecule has 5 rings (SSSR count). The smallest absolute Gasteiger partial charge is 0.256 e. The molecule has 3 heterocycles. The maximum Gasteiger partial charge on any atom is 0.256 e. The second-order valence-electron chi connectivity index (χ2n) is 10.2. The van der Waals surface area contributed by atoms with Crippen LogP contribution in [0.5, 0.6) is 5.88 Å². The number of anilines is 1. The van der Waals surface area contributed by atoms with E-state index in [0.717, 1.165) is 33.4 Å². The Balaban J connectivity index is 1.27. The van der Waals surface area contributed by atoms with Gasteiger partial charge < -0.3 is 10.1 Å². The van der Waals surface area contributed by atoms with Crippen LogP contribution in [-0.2, 0) is 11.2 Å². The topological polar surface area (TPSA) is 136 Å². The summed E-state index contributed by atoms with van der Waals surface area (Å²) in [4.78, 5) is 34.8. The van der Waals surface area contributed by atoms with Gasteiger partial charge in [0.2, 0.25) is 5.88 Å². The Morgan fingerprint density at radius 1 is 1.00 bits per heavy atom. The molecular formula is C30H29N7O3. The van der Waals surface area contributed by atoms with Gasteiger partial charge in [0, 0.05) is 47.4 Å². The lowest BCUT2D eigenvalue weighted by atomic mass is 9.86. The normalized spacial score (nSPS) is 11.4. The van der Waals surface area contributed by atoms with Gasteiger partial charge in [0.1, 0.15) is 12.4 Å². The zero-order valence-electron chi connectivity index (χ0n) is 22.5. The molecule has 0 fully saturated rings. The van der Waals surface area contributed by atoms with Crippen LogP contribution in [0.15, 0.2) is 72.9 Å². The Labute approximate surface area is 231 Å². The van der Waals surface area contributed by atoms with Crippen LogP contribution in [0.2, 0.25) is 0 Å². The molecule has 0 aliphatic carbocycles. The van der Waals surface area contributed by atoms with E-state index in [1.165, 1.54) is 0 Å². The summed E-state index contributed by atoms with van der Waals surface area (Å²) >= 11 is 0. The molecule has 0 bridgehead atoms. The highest BCUT2D eigenvalue weighted by atomic mass is 16.5. The molecule has 2 aromatic carbocycles. The number of hydrogen-bond acceptors (Lipinski definition) is 8. The zero-order chi connectivity index (χ0) is 28.1. The molecule has 2 N–H and O–H groups in total. The van der Waals surface area contributed by atoms with Crippen molar-refractivity contribution in [1.82, 2.24) is 30.6 Å². The molecule has 0 aliphatic heterocycles. The summed E-state index contributed by atoms with van der Waals surface area (Å²) in [6.07, 6.45) is 2.44. The molecule has 0 spiro atoms. The summed E-state index contributed by atoms with van der Waals surface area (Å²) in [6.45, 7) is 5.75. The molecule has 1 amide bonds. The molecule has 3 aromatic heterocycles. The third kappa shape index (κ3) is 6.17. The Morgan fingerprint density at radius 3 is 2.52 bits per heavy atom. The minimum absolute atomic E-state index is 0.0460. The van der Waals surface area contributed by atoms with E-state index in [2.05, 4.69) is 35.9 Å². The number of nitrogens with zero attached hydrogens (tertiary/aromatic N) is 5. The quantitative estimate of drug-likeness (QED) is 0.256. The van der Waals surface area contributed by atoms with Crippen molar-refractivity contribution in [2.45, 2.75) is 33.6 Å². The van der Waals surface area contributed by atoms with Crippen molar-refractivity contribution < 1.29 is 14.3 Å². The highest BCUT2D eigenvalue weighted by Gasteiger charge is 2.28. The molecule has 5 aromatic rings. The third-order valence-corrected chi connectivity index (χ3v) is 6.58. The van der Waals surface area contributed by atoms with E-state index in [-0.39, 0.29) is 18.3 Å². The van der Waals surface area contributed by atoms with E-state index in [1.54, 1.807) is 18.3 Å². The number of tetrazole rings is 1. The molecule has 10 heteroatoms. The fourth-order valence-electron chi connectivity index (χ4n) is 4.27. The molecule has 0 saturated heterocycles. The predicted molar refractivity (Wildman–Crippen MR) is 151 cm³/mol. The van der Waals surface area contributed by atoms with Crippen molar-refractivity contribution in [3.05, 3.63) is 90.0 Å². The average molecular weight is 536 g/mol. The number of ketones is 1. The second kappa shape index (κ2) is 11.4. The van der Waals surface area contributed by atoms with Gasteiger partial charge in [-0.1, -0.05) is 35.5 Å². The van der Waals surface area contributed by atoms with E-state index in [4.69, 9.17) is 4.74 Å². The van der Waals surface area contributed by atoms with Crippen molar-refractivity contribution in [3.63, 3.8) is 0 Å². The standard InChI is InChI=1S/C30H29N7O3/c1-19-15-24(29(39)33-22-7-5-4-6-8-22)23-11-9-20(16-25(23)32-19)21-10-14-28(31-17-21)40-18-30(2,3)26(38)12-13-27-34-36-37-35-27/h4-11,14-17H,12-13,18H2,1-3H3,(H,33,39)(H,34,35,36,37). The Morgan fingerprint density at radius 2 is 1.80 bits per heavy atom. The van der Waals surface area contributed by atoms with Crippen LogP contribution >= 0.6 is 0 Å². The zero-order valence-corrected chi connectivity index (χ0v) is 22.5. The van der Waals surface area contributed by atoms with Crippen LogP contribution in [0.1, 0.15) is 42.1 Å². The number of rotatable bonds is 10. The SMILES string of the molecule is Cc1cc(C(=O)Nc2ccccc2)c2ccc(-c3ccc(OCC(C)(C)C(=O)CCc4nn[nH]n4)nc3)cc2n1. The molecule has 40 heavy (non-hydrogen) atoms. The molecule has 0 saturated carbocycles. The number of aromatic nitrogens is 6. The first-order valence-electron chi connectivity index (χ1n) is 12.9. The van der Waals surface area contributed by atoms with Crippen LogP contribution in [0.3, 0.4) is 0 Å². The van der Waals surface area contributed by atoms with Gasteiger partial charge in [-0.15, -0.1) is 10.2 Å². The first kappa shape index (κ1) is 26.6. The maximum atomic E-state index is 13.0. The molecule has 0 atom stereocenters. The van der Waals surface area contributed by atoms with Crippen LogP contribution in [-0.4, -0.2) is 48.9 Å². The molecule has 202 valence electrons. The first-order valence-corrected chi connectivity index (χ1v) is 12.9. The maximum absolute atomic E-state index is 13.0. The lowest BCUT2D eigenvalue weighted by Gasteiger charge is -2.22. The van der Waals surface area contributed by atoms with E-state index in [9.17, 15) is 9.59 Å². The van der Waals surface area contributed by atoms with Crippen molar-refractivity contribution in [2.24, 2.45) is 5.41 Å². The van der Waals surface area contributed by atoms with Gasteiger partial charge in [0.05, 0.1) is 16.5 Å². The number of fused-ring (bicyclic) bond motifs is 1. The van der Waals surface area contributed by atoms with E-state index in [1.807, 2.05) is 75.4 Å². The van der Waals surface area contributed by atoms with Crippen LogP contribution < -0.4 is 10.1 Å². The average Bonchev–Trinajstić information content (AvgIpc) is 3.48. The number of aryl methyl sites for hydroxylation is 2. The number of ether oxygens (including phenoxy) is 1. The number of Topliss-reactive ketones (excluding diaryl/α,β-unsaturated/α-hetero) is 1. The van der Waals surface area contributed by atoms with Gasteiger partial charge in [0.15, 0.2) is 5.82 Å². The number of hydrogen-bond donors (Lipinski definition) is 2. The number of aromatic amines is 1. The summed E-state index contributed by atoms with van der Waals surface area (Å²) in [5.41, 5.74) is 3.86. The van der Waals surface area contributed by atoms with Gasteiger partial charge in [-0.05, 0) is 56.7 Å². The summed E-state index contributed by atoms with van der Waals surface area (Å²) in [7, 11) is 0. The summed E-state index contributed by atoms with van der Waals surface area (Å²) in [6, 6.07) is 20.6. The second-order valence-corrected chi connectivity index (χ2v) is 10.2. The lowest BCUT2D eigenvalue weighted by Crippen LogP contribution is -2.31. The minimum Gasteiger partial charge on any atom is -0.477 e. The van der Waals surface area contributed by atoms with E-state index in [0.29, 0.717) is 30.1 Å². The fraction of sp³-hybridized carbons (Fsp3) is 0.233. The number of carbonyl (C=O) groups excluding carboxylic acids is 2. The fourth-order valence-corrected chi connectivity index (χ4v) is 4.27. The molecule has 10 nitrogen and oxygen atoms in total. The van der Waals surface area contributed by atoms with Crippen molar-refractivity contribution in [3.8, 4) is 17.0 Å². The number of benzene rings is 2. The Hall–Kier alpha value is -4.99. The number of carbonyl (C=O) groups is 2. The number of H-pyrrole nitrogens is 1.